The van der Waals surface area contributed by atoms with E-state index >= 15 is 0 Å². The molecule has 8 nitrogen and oxygen atoms in total. The van der Waals surface area contributed by atoms with E-state index in [4.69, 9.17) is 30.7 Å². The topological polar surface area (TPSA) is 81.7 Å². The Hall–Kier alpha value is 0.0544. The normalized spacial score (nSPS) is 16.2. The summed E-state index contributed by atoms with van der Waals surface area (Å²) in [6.45, 7) is 29.2. The zero-order valence-electron chi connectivity index (χ0n) is 25.8. The van der Waals surface area contributed by atoms with Gasteiger partial charge in [-0.1, -0.05) is 13.5 Å². The van der Waals surface area contributed by atoms with Crippen LogP contribution in [0.1, 0.15) is 26.7 Å². The fourth-order valence-corrected chi connectivity index (χ4v) is 27.8. The maximum atomic E-state index is 11.9. The van der Waals surface area contributed by atoms with Gasteiger partial charge in [0.2, 0.25) is 0 Å². The molecule has 2 unspecified atom stereocenters. The average Bonchev–Trinajstić information content (AvgIpc) is 2.70. The van der Waals surface area contributed by atoms with Crippen LogP contribution in [0.2, 0.25) is 77.1 Å². The Morgan fingerprint density at radius 3 is 1.76 bits per heavy atom. The highest BCUT2D eigenvalue weighted by Crippen LogP contribution is 2.32. The van der Waals surface area contributed by atoms with Crippen LogP contribution in [0.15, 0.2) is 12.2 Å². The van der Waals surface area contributed by atoms with Gasteiger partial charge in [0.25, 0.3) is 0 Å². The average molecular weight is 613 g/mol. The number of ether oxygens (including phenoxy) is 3. The van der Waals surface area contributed by atoms with Gasteiger partial charge in [-0.25, -0.2) is 4.79 Å². The van der Waals surface area contributed by atoms with Crippen molar-refractivity contribution in [1.82, 2.24) is 0 Å². The first-order valence-electron chi connectivity index (χ1n) is 13.5. The van der Waals surface area contributed by atoms with Crippen LogP contribution in [-0.2, 0) is 35.5 Å². The Balaban J connectivity index is 5.75. The van der Waals surface area contributed by atoms with E-state index in [-0.39, 0.29) is 5.97 Å². The minimum atomic E-state index is -2.77. The number of esters is 1. The maximum absolute atomic E-state index is 11.9. The second-order valence-electron chi connectivity index (χ2n) is 12.0. The molecule has 0 aromatic carbocycles. The van der Waals surface area contributed by atoms with Crippen molar-refractivity contribution in [1.29, 1.82) is 0 Å². The Bertz CT molecular complexity index is 701. The summed E-state index contributed by atoms with van der Waals surface area (Å²) in [6, 6.07) is 2.53. The van der Waals surface area contributed by atoms with Gasteiger partial charge in [-0.3, -0.25) is 0 Å². The minimum Gasteiger partial charge on any atom is -0.462 e. The van der Waals surface area contributed by atoms with Crippen molar-refractivity contribution in [3.05, 3.63) is 12.2 Å². The standard InChI is InChI=1S/C24H56O8Si5/c1-14-34(8,9)30-35(10,11)31-37(13,22-16-18-28-24(25)23(2)3)32-36(12,29-33(5,6)7)21-15-17-27-20-19-26-4/h2,14-22H2,1,3-13H3. The zero-order valence-corrected chi connectivity index (χ0v) is 30.8. The van der Waals surface area contributed by atoms with E-state index in [1.165, 1.54) is 0 Å². The molecular formula is C24H56O8Si5. The molecule has 0 saturated carbocycles. The van der Waals surface area contributed by atoms with E-state index in [0.29, 0.717) is 44.5 Å². The molecule has 0 saturated heterocycles. The molecule has 0 bridgehead atoms. The second kappa shape index (κ2) is 16.4. The Morgan fingerprint density at radius 1 is 0.730 bits per heavy atom. The Kier molecular flexibility index (Phi) is 16.4. The number of carbonyl (C=O) groups is 1. The van der Waals surface area contributed by atoms with E-state index in [2.05, 4.69) is 72.4 Å². The van der Waals surface area contributed by atoms with Gasteiger partial charge < -0.3 is 30.7 Å². The molecule has 0 aliphatic rings. The molecule has 13 heteroatoms. The van der Waals surface area contributed by atoms with Crippen LogP contribution < -0.4 is 0 Å². The van der Waals surface area contributed by atoms with Gasteiger partial charge in [-0.15, -0.1) is 0 Å². The van der Waals surface area contributed by atoms with E-state index in [1.807, 2.05) is 0 Å². The van der Waals surface area contributed by atoms with Crippen LogP contribution in [0.5, 0.6) is 0 Å². The van der Waals surface area contributed by atoms with Gasteiger partial charge in [0, 0.05) is 19.3 Å². The third-order valence-electron chi connectivity index (χ3n) is 5.50. The van der Waals surface area contributed by atoms with Crippen molar-refractivity contribution < 1.29 is 35.5 Å². The quantitative estimate of drug-likeness (QED) is 0.0627. The molecule has 0 aliphatic carbocycles. The molecule has 220 valence electrons. The third kappa shape index (κ3) is 18.1. The highest BCUT2D eigenvalue weighted by Gasteiger charge is 2.48. The van der Waals surface area contributed by atoms with Crippen molar-refractivity contribution in [2.24, 2.45) is 0 Å². The molecule has 0 spiro atoms. The molecule has 0 aromatic rings. The lowest BCUT2D eigenvalue weighted by atomic mass is 10.4. The molecule has 0 fully saturated rings. The predicted molar refractivity (Wildman–Crippen MR) is 164 cm³/mol. The lowest BCUT2D eigenvalue weighted by Gasteiger charge is -2.44. The van der Waals surface area contributed by atoms with Gasteiger partial charge in [0.05, 0.1) is 19.8 Å². The van der Waals surface area contributed by atoms with Crippen molar-refractivity contribution in [3.63, 3.8) is 0 Å². The number of rotatable bonds is 21. The first kappa shape index (κ1) is 37.1. The third-order valence-corrected chi connectivity index (χ3v) is 25.2. The summed E-state index contributed by atoms with van der Waals surface area (Å²) in [5.74, 6) is -0.367. The second-order valence-corrected chi connectivity index (χ2v) is 32.1. The molecule has 0 N–H and O–H groups in total. The summed E-state index contributed by atoms with van der Waals surface area (Å²) in [5, 5.41) is 0. The first-order chi connectivity index (χ1) is 16.8. The van der Waals surface area contributed by atoms with Gasteiger partial charge >= 0.3 is 31.7 Å². The smallest absolute Gasteiger partial charge is 0.333 e. The summed E-state index contributed by atoms with van der Waals surface area (Å²) in [5.41, 5.74) is 0.400. The molecule has 0 heterocycles. The molecular weight excluding hydrogens is 557 g/mol. The number of hydrogen-bond donors (Lipinski definition) is 0. The van der Waals surface area contributed by atoms with Gasteiger partial charge in [-0.2, -0.15) is 0 Å². The highest BCUT2D eigenvalue weighted by molar-refractivity contribution is 6.91. The van der Waals surface area contributed by atoms with Crippen LogP contribution in [0.4, 0.5) is 0 Å². The molecule has 37 heavy (non-hydrogen) atoms. The Morgan fingerprint density at radius 2 is 1.27 bits per heavy atom. The largest absolute Gasteiger partial charge is 0.462 e. The lowest BCUT2D eigenvalue weighted by molar-refractivity contribution is -0.138. The lowest BCUT2D eigenvalue weighted by Crippen LogP contribution is -2.60. The highest BCUT2D eigenvalue weighted by atomic mass is 28.5. The van der Waals surface area contributed by atoms with Crippen molar-refractivity contribution in [2.45, 2.75) is 104 Å². The molecule has 2 atom stereocenters. The van der Waals surface area contributed by atoms with Crippen LogP contribution >= 0.6 is 0 Å². The van der Waals surface area contributed by atoms with Gasteiger partial charge in [0.15, 0.2) is 16.6 Å². The predicted octanol–water partition coefficient (Wildman–Crippen LogP) is 6.52. The number of carbonyl (C=O) groups excluding carboxylic acids is 1. The number of hydrogen-bond acceptors (Lipinski definition) is 8. The SMILES string of the molecule is C=C(C)C(=O)OCCC[Si](C)(O[Si](C)(C)O[Si](C)(C)CC)O[Si](C)(CCCOCCOC)O[Si](C)(C)C. The van der Waals surface area contributed by atoms with Crippen LogP contribution in [0.25, 0.3) is 0 Å². The van der Waals surface area contributed by atoms with Gasteiger partial charge in [-0.05, 0) is 96.8 Å². The summed E-state index contributed by atoms with van der Waals surface area (Å²) < 4.78 is 43.6. The van der Waals surface area contributed by atoms with E-state index in [0.717, 1.165) is 18.5 Å². The first-order valence-corrected chi connectivity index (χ1v) is 27.9. The molecule has 0 amide bonds. The van der Waals surface area contributed by atoms with Crippen molar-refractivity contribution in [2.75, 3.05) is 33.5 Å². The summed E-state index contributed by atoms with van der Waals surface area (Å²) in [6.07, 6.45) is 1.50. The summed E-state index contributed by atoms with van der Waals surface area (Å²) in [4.78, 5) is 11.9. The molecule has 0 rings (SSSR count). The van der Waals surface area contributed by atoms with E-state index in [1.54, 1.807) is 14.0 Å². The van der Waals surface area contributed by atoms with Crippen LogP contribution in [0, 0.1) is 0 Å². The van der Waals surface area contributed by atoms with Crippen LogP contribution in [0.3, 0.4) is 0 Å². The molecule has 0 radical (unpaired) electrons. The fourth-order valence-electron chi connectivity index (χ4n) is 4.05. The summed E-state index contributed by atoms with van der Waals surface area (Å²) in [7, 11) is -9.92. The van der Waals surface area contributed by atoms with E-state index in [9.17, 15) is 4.79 Å². The van der Waals surface area contributed by atoms with E-state index < -0.39 is 42.3 Å². The van der Waals surface area contributed by atoms with Crippen molar-refractivity contribution >= 4 is 48.3 Å². The van der Waals surface area contributed by atoms with Gasteiger partial charge in [0.1, 0.15) is 0 Å². The summed E-state index contributed by atoms with van der Waals surface area (Å²) >= 11 is 0. The fraction of sp³-hybridized carbons (Fsp3) is 0.875. The van der Waals surface area contributed by atoms with Crippen LogP contribution in [-0.4, -0.2) is 81.8 Å². The Labute approximate surface area is 232 Å². The monoisotopic (exact) mass is 612 g/mol. The molecule has 0 aliphatic heterocycles. The zero-order chi connectivity index (χ0) is 29.0. The number of methoxy groups -OCH3 is 1. The minimum absolute atomic E-state index is 0.305. The molecule has 0 aromatic heterocycles. The van der Waals surface area contributed by atoms with Crippen molar-refractivity contribution in [3.8, 4) is 0 Å². The maximum Gasteiger partial charge on any atom is 0.333 e.